The molecule has 0 aromatic heterocycles. The van der Waals surface area contributed by atoms with Gasteiger partial charge in [0.15, 0.2) is 0 Å². The van der Waals surface area contributed by atoms with Crippen LogP contribution in [0.4, 0.5) is 0 Å². The van der Waals surface area contributed by atoms with Gasteiger partial charge in [-0.15, -0.1) is 0 Å². The molecule has 2 fully saturated rings. The molecule has 2 atom stereocenters. The van der Waals surface area contributed by atoms with Gasteiger partial charge in [-0.2, -0.15) is 0 Å². The maximum absolute atomic E-state index is 12.1. The predicted octanol–water partition coefficient (Wildman–Crippen LogP) is 1.69. The van der Waals surface area contributed by atoms with E-state index in [1.165, 1.54) is 0 Å². The van der Waals surface area contributed by atoms with Crippen LogP contribution in [0, 0.1) is 5.92 Å². The summed E-state index contributed by atoms with van der Waals surface area (Å²) in [5.41, 5.74) is 0. The van der Waals surface area contributed by atoms with Crippen molar-refractivity contribution in [2.75, 3.05) is 13.1 Å². The Bertz CT molecular complexity index is 317. The lowest BCUT2D eigenvalue weighted by atomic mass is 10.0. The molecule has 1 aliphatic carbocycles. The fourth-order valence-corrected chi connectivity index (χ4v) is 3.28. The van der Waals surface area contributed by atoms with Crippen molar-refractivity contribution in [1.82, 2.24) is 10.2 Å². The van der Waals surface area contributed by atoms with E-state index < -0.39 is 0 Å². The van der Waals surface area contributed by atoms with Crippen molar-refractivity contribution >= 4 is 11.8 Å². The molecule has 0 aromatic carbocycles. The van der Waals surface area contributed by atoms with Crippen LogP contribution in [0.5, 0.6) is 0 Å². The van der Waals surface area contributed by atoms with E-state index in [4.69, 9.17) is 0 Å². The van der Waals surface area contributed by atoms with Gasteiger partial charge in [-0.3, -0.25) is 9.59 Å². The van der Waals surface area contributed by atoms with E-state index in [0.717, 1.165) is 58.0 Å². The third-order valence-electron chi connectivity index (χ3n) is 4.25. The standard InChI is InChI=1S/C14H24N2O2/c1-11(17)16-10-5-3-2-4-9-15-14(18)12-7-6-8-13(12)16/h12-13H,2-10H2,1H3,(H,15,18). The molecule has 18 heavy (non-hydrogen) atoms. The zero-order valence-electron chi connectivity index (χ0n) is 11.3. The highest BCUT2D eigenvalue weighted by atomic mass is 16.2. The Morgan fingerprint density at radius 3 is 2.72 bits per heavy atom. The number of rotatable bonds is 0. The first-order chi connectivity index (χ1) is 8.70. The first-order valence-corrected chi connectivity index (χ1v) is 7.25. The monoisotopic (exact) mass is 252 g/mol. The molecule has 0 bridgehead atoms. The molecule has 102 valence electrons. The third-order valence-corrected chi connectivity index (χ3v) is 4.25. The van der Waals surface area contributed by atoms with E-state index in [9.17, 15) is 9.59 Å². The van der Waals surface area contributed by atoms with Gasteiger partial charge in [-0.1, -0.05) is 19.3 Å². The Balaban J connectivity index is 2.12. The van der Waals surface area contributed by atoms with Crippen LogP contribution in [0.2, 0.25) is 0 Å². The summed E-state index contributed by atoms with van der Waals surface area (Å²) >= 11 is 0. The fourth-order valence-electron chi connectivity index (χ4n) is 3.28. The highest BCUT2D eigenvalue weighted by Crippen LogP contribution is 2.31. The molecular formula is C14H24N2O2. The van der Waals surface area contributed by atoms with Crippen molar-refractivity contribution in [3.8, 4) is 0 Å². The van der Waals surface area contributed by atoms with Crippen LogP contribution in [0.15, 0.2) is 0 Å². The van der Waals surface area contributed by atoms with Gasteiger partial charge in [-0.25, -0.2) is 0 Å². The molecule has 1 saturated heterocycles. The molecule has 4 heteroatoms. The highest BCUT2D eigenvalue weighted by Gasteiger charge is 2.37. The van der Waals surface area contributed by atoms with Crippen LogP contribution in [-0.2, 0) is 9.59 Å². The van der Waals surface area contributed by atoms with Crippen molar-refractivity contribution in [2.24, 2.45) is 5.92 Å². The first-order valence-electron chi connectivity index (χ1n) is 7.25. The topological polar surface area (TPSA) is 49.4 Å². The average molecular weight is 252 g/mol. The summed E-state index contributed by atoms with van der Waals surface area (Å²) in [5, 5.41) is 3.03. The van der Waals surface area contributed by atoms with Gasteiger partial charge in [0.05, 0.1) is 5.92 Å². The Labute approximate surface area is 109 Å². The number of amides is 2. The van der Waals surface area contributed by atoms with Gasteiger partial charge < -0.3 is 10.2 Å². The second-order valence-corrected chi connectivity index (χ2v) is 5.52. The lowest BCUT2D eigenvalue weighted by Crippen LogP contribution is -2.46. The molecule has 2 unspecified atom stereocenters. The fraction of sp³-hybridized carbons (Fsp3) is 0.857. The van der Waals surface area contributed by atoms with Crippen LogP contribution < -0.4 is 5.32 Å². The summed E-state index contributed by atoms with van der Waals surface area (Å²) in [7, 11) is 0. The van der Waals surface area contributed by atoms with Crippen molar-refractivity contribution in [3.05, 3.63) is 0 Å². The molecule has 2 rings (SSSR count). The molecule has 0 radical (unpaired) electrons. The second kappa shape index (κ2) is 6.21. The molecule has 1 heterocycles. The number of nitrogens with one attached hydrogen (secondary N) is 1. The molecular weight excluding hydrogens is 228 g/mol. The molecule has 1 N–H and O–H groups in total. The lowest BCUT2D eigenvalue weighted by molar-refractivity contribution is -0.134. The van der Waals surface area contributed by atoms with Gasteiger partial charge >= 0.3 is 0 Å². The van der Waals surface area contributed by atoms with Gasteiger partial charge in [-0.05, 0) is 25.7 Å². The summed E-state index contributed by atoms with van der Waals surface area (Å²) in [4.78, 5) is 25.9. The smallest absolute Gasteiger partial charge is 0.225 e. The van der Waals surface area contributed by atoms with Crippen molar-refractivity contribution in [3.63, 3.8) is 0 Å². The Kier molecular flexibility index (Phi) is 4.61. The maximum Gasteiger partial charge on any atom is 0.225 e. The Hall–Kier alpha value is -1.06. The summed E-state index contributed by atoms with van der Waals surface area (Å²) in [6.07, 6.45) is 7.39. The minimum atomic E-state index is 0.0204. The molecule has 0 aromatic rings. The SMILES string of the molecule is CC(=O)N1CCCCCCNC(=O)C2CCCC21. The number of fused-ring (bicyclic) bond motifs is 1. The average Bonchev–Trinajstić information content (AvgIpc) is 2.79. The van der Waals surface area contributed by atoms with E-state index in [1.807, 2.05) is 4.90 Å². The van der Waals surface area contributed by atoms with E-state index in [0.29, 0.717) is 0 Å². The van der Waals surface area contributed by atoms with Crippen LogP contribution in [-0.4, -0.2) is 35.8 Å². The lowest BCUT2D eigenvalue weighted by Gasteiger charge is -2.31. The molecule has 1 aliphatic heterocycles. The zero-order chi connectivity index (χ0) is 13.0. The number of carbonyl (C=O) groups is 2. The minimum Gasteiger partial charge on any atom is -0.356 e. The normalized spacial score (nSPS) is 30.3. The van der Waals surface area contributed by atoms with Crippen molar-refractivity contribution in [2.45, 2.75) is 57.9 Å². The summed E-state index contributed by atoms with van der Waals surface area (Å²) in [5.74, 6) is 0.302. The molecule has 4 nitrogen and oxygen atoms in total. The maximum atomic E-state index is 12.1. The number of hydrogen-bond acceptors (Lipinski definition) is 2. The van der Waals surface area contributed by atoms with Gasteiger partial charge in [0.1, 0.15) is 0 Å². The van der Waals surface area contributed by atoms with Crippen molar-refractivity contribution < 1.29 is 9.59 Å². The van der Waals surface area contributed by atoms with E-state index in [1.54, 1.807) is 6.92 Å². The highest BCUT2D eigenvalue weighted by molar-refractivity contribution is 5.81. The largest absolute Gasteiger partial charge is 0.356 e. The second-order valence-electron chi connectivity index (χ2n) is 5.52. The Morgan fingerprint density at radius 1 is 1.17 bits per heavy atom. The quantitative estimate of drug-likeness (QED) is 0.713. The predicted molar refractivity (Wildman–Crippen MR) is 70.0 cm³/mol. The van der Waals surface area contributed by atoms with E-state index >= 15 is 0 Å². The summed E-state index contributed by atoms with van der Waals surface area (Å²) in [6.45, 7) is 3.25. The Morgan fingerprint density at radius 2 is 1.94 bits per heavy atom. The number of hydrogen-bond donors (Lipinski definition) is 1. The first kappa shape index (κ1) is 13.4. The number of carbonyl (C=O) groups excluding carboxylic acids is 2. The molecule has 2 amide bonds. The molecule has 0 spiro atoms. The summed E-state index contributed by atoms with van der Waals surface area (Å²) in [6, 6.07) is 0.139. The van der Waals surface area contributed by atoms with Gasteiger partial charge in [0.25, 0.3) is 0 Å². The van der Waals surface area contributed by atoms with Crippen molar-refractivity contribution in [1.29, 1.82) is 0 Å². The molecule has 2 aliphatic rings. The minimum absolute atomic E-state index is 0.0204. The van der Waals surface area contributed by atoms with E-state index in [2.05, 4.69) is 5.32 Å². The van der Waals surface area contributed by atoms with E-state index in [-0.39, 0.29) is 23.8 Å². The van der Waals surface area contributed by atoms with Crippen LogP contribution in [0.25, 0.3) is 0 Å². The van der Waals surface area contributed by atoms with Crippen LogP contribution >= 0.6 is 0 Å². The van der Waals surface area contributed by atoms with Gasteiger partial charge in [0.2, 0.25) is 11.8 Å². The van der Waals surface area contributed by atoms with Crippen LogP contribution in [0.3, 0.4) is 0 Å². The van der Waals surface area contributed by atoms with Gasteiger partial charge in [0, 0.05) is 26.1 Å². The zero-order valence-corrected chi connectivity index (χ0v) is 11.3. The third kappa shape index (κ3) is 3.03. The summed E-state index contributed by atoms with van der Waals surface area (Å²) < 4.78 is 0. The number of nitrogens with zero attached hydrogens (tertiary/aromatic N) is 1. The van der Waals surface area contributed by atoms with Crippen LogP contribution in [0.1, 0.15) is 51.9 Å². The molecule has 1 saturated carbocycles.